The maximum Gasteiger partial charge on any atom is 0.319 e. The van der Waals surface area contributed by atoms with Crippen LogP contribution in [0.4, 0.5) is 10.5 Å². The third-order valence-electron chi connectivity index (χ3n) is 7.44. The summed E-state index contributed by atoms with van der Waals surface area (Å²) in [6.45, 7) is 1.04. The largest absolute Gasteiger partial charge is 0.497 e. The van der Waals surface area contributed by atoms with Crippen LogP contribution in [0.2, 0.25) is 0 Å². The Kier molecular flexibility index (Phi) is 6.59. The number of nitrogens with zero attached hydrogens (tertiary/aromatic N) is 2. The second-order valence-electron chi connectivity index (χ2n) is 9.81. The lowest BCUT2D eigenvalue weighted by molar-refractivity contribution is 0.187. The van der Waals surface area contributed by atoms with Crippen LogP contribution in [0, 0.1) is 5.92 Å². The smallest absolute Gasteiger partial charge is 0.319 e. The third-order valence-corrected chi connectivity index (χ3v) is 9.29. The van der Waals surface area contributed by atoms with Gasteiger partial charge in [-0.3, -0.25) is 4.79 Å². The Morgan fingerprint density at radius 2 is 1.74 bits per heavy atom. The molecule has 1 saturated carbocycles. The number of methoxy groups -OCH3 is 1. The topological polar surface area (TPSA) is 110 Å². The number of carbonyl (C=O) groups excluding carboxylic acids is 1. The van der Waals surface area contributed by atoms with E-state index in [0.717, 1.165) is 32.1 Å². The van der Waals surface area contributed by atoms with Crippen molar-refractivity contribution in [3.05, 3.63) is 52.4 Å². The molecule has 1 aliphatic carbocycles. The molecule has 9 nitrogen and oxygen atoms in total. The van der Waals surface area contributed by atoms with Crippen LogP contribution in [0.5, 0.6) is 5.75 Å². The lowest BCUT2D eigenvalue weighted by Crippen LogP contribution is -2.49. The third kappa shape index (κ3) is 4.81. The molecule has 0 unspecified atom stereocenters. The van der Waals surface area contributed by atoms with E-state index >= 15 is 0 Å². The van der Waals surface area contributed by atoms with Gasteiger partial charge in [0.15, 0.2) is 0 Å². The van der Waals surface area contributed by atoms with Crippen molar-refractivity contribution in [2.75, 3.05) is 25.5 Å². The molecule has 1 aromatic carbocycles. The zero-order chi connectivity index (χ0) is 24.6. The van der Waals surface area contributed by atoms with Crippen LogP contribution in [-0.4, -0.2) is 49.6 Å². The zero-order valence-electron chi connectivity index (χ0n) is 19.9. The highest BCUT2D eigenvalue weighted by atomic mass is 32.2. The Morgan fingerprint density at radius 3 is 2.46 bits per heavy atom. The monoisotopic (exact) mass is 500 g/mol. The fourth-order valence-electron chi connectivity index (χ4n) is 5.76. The van der Waals surface area contributed by atoms with Crippen LogP contribution in [-0.2, 0) is 16.6 Å². The number of carbonyl (C=O) groups is 1. The number of piperidine rings is 1. The van der Waals surface area contributed by atoms with Crippen LogP contribution in [0.3, 0.4) is 0 Å². The van der Waals surface area contributed by atoms with E-state index in [2.05, 4.69) is 10.6 Å². The van der Waals surface area contributed by atoms with Crippen molar-refractivity contribution in [3.8, 4) is 5.75 Å². The summed E-state index contributed by atoms with van der Waals surface area (Å²) in [4.78, 5) is 25.7. The first kappa shape index (κ1) is 23.9. The molecule has 2 fully saturated rings. The summed E-state index contributed by atoms with van der Waals surface area (Å²) in [5.41, 5.74) is 1.16. The Bertz CT molecular complexity index is 1250. The molecule has 2 aliphatic heterocycles. The van der Waals surface area contributed by atoms with Crippen LogP contribution in [0.1, 0.15) is 50.1 Å². The Morgan fingerprint density at radius 1 is 1.00 bits per heavy atom. The van der Waals surface area contributed by atoms with Gasteiger partial charge in [-0.05, 0) is 55.5 Å². The fourth-order valence-corrected chi connectivity index (χ4v) is 7.32. The Labute approximate surface area is 205 Å². The van der Waals surface area contributed by atoms with Gasteiger partial charge in [-0.2, -0.15) is 4.31 Å². The molecular weight excluding hydrogens is 468 g/mol. The number of urea groups is 1. The van der Waals surface area contributed by atoms with Crippen molar-refractivity contribution in [2.45, 2.75) is 61.9 Å². The lowest BCUT2D eigenvalue weighted by Gasteiger charge is -2.42. The molecule has 1 aromatic heterocycles. The quantitative estimate of drug-likeness (QED) is 0.656. The van der Waals surface area contributed by atoms with Crippen molar-refractivity contribution >= 4 is 21.7 Å². The van der Waals surface area contributed by atoms with Crippen molar-refractivity contribution in [1.29, 1.82) is 0 Å². The molecule has 3 aliphatic rings. The number of sulfonamides is 1. The van der Waals surface area contributed by atoms with Gasteiger partial charge in [0.2, 0.25) is 10.0 Å². The number of aromatic nitrogens is 1. The van der Waals surface area contributed by atoms with Gasteiger partial charge in [0.1, 0.15) is 5.75 Å². The number of hydrogen-bond donors (Lipinski definition) is 2. The minimum atomic E-state index is -3.71. The fraction of sp³-hybridized carbons (Fsp3) is 0.520. The van der Waals surface area contributed by atoms with Gasteiger partial charge in [-0.1, -0.05) is 19.3 Å². The molecule has 2 bridgehead atoms. The predicted octanol–water partition coefficient (Wildman–Crippen LogP) is 3.12. The molecular formula is C25H32N4O5S. The summed E-state index contributed by atoms with van der Waals surface area (Å²) >= 11 is 0. The average molecular weight is 501 g/mol. The highest BCUT2D eigenvalue weighted by Gasteiger charge is 2.40. The molecule has 0 spiro atoms. The normalized spacial score (nSPS) is 22.8. The molecule has 1 saturated heterocycles. The SMILES string of the molecule is COc1ccc(S(=O)(=O)N2C[C@H]3C[C@H](C2)c2c(NC(=O)NC4CCCCC4)ccc(=O)n2C3)cc1. The van der Waals surface area contributed by atoms with Gasteiger partial charge in [0.25, 0.3) is 5.56 Å². The standard InChI is InChI=1S/C25H32N4O5S/c1-34-20-7-9-21(10-8-20)35(32,33)28-14-17-13-18(16-28)24-22(11-12-23(30)29(24)15-17)27-25(31)26-19-5-3-2-4-6-19/h7-12,17-19H,2-6,13-16H2,1H3,(H2,26,27,31)/t17-,18-/m1/s1. The molecule has 3 heterocycles. The van der Waals surface area contributed by atoms with Gasteiger partial charge in [-0.25, -0.2) is 13.2 Å². The number of rotatable bonds is 5. The number of fused-ring (bicyclic) bond motifs is 4. The first-order valence-electron chi connectivity index (χ1n) is 12.3. The molecule has 2 amide bonds. The second kappa shape index (κ2) is 9.66. The van der Waals surface area contributed by atoms with E-state index in [4.69, 9.17) is 4.74 Å². The van der Waals surface area contributed by atoms with Gasteiger partial charge < -0.3 is 19.9 Å². The Hall–Kier alpha value is -2.85. The summed E-state index contributed by atoms with van der Waals surface area (Å²) < 4.78 is 35.2. The van der Waals surface area contributed by atoms with Gasteiger partial charge in [-0.15, -0.1) is 0 Å². The number of pyridine rings is 1. The molecule has 35 heavy (non-hydrogen) atoms. The average Bonchev–Trinajstić information content (AvgIpc) is 2.86. The molecule has 5 rings (SSSR count). The number of hydrogen-bond acceptors (Lipinski definition) is 5. The van der Waals surface area contributed by atoms with E-state index in [0.29, 0.717) is 30.2 Å². The van der Waals surface area contributed by atoms with Crippen LogP contribution in [0.25, 0.3) is 0 Å². The van der Waals surface area contributed by atoms with E-state index in [1.165, 1.54) is 23.9 Å². The number of anilines is 1. The predicted molar refractivity (Wildman–Crippen MR) is 132 cm³/mol. The summed E-state index contributed by atoms with van der Waals surface area (Å²) in [7, 11) is -2.17. The molecule has 0 radical (unpaired) electrons. The summed E-state index contributed by atoms with van der Waals surface area (Å²) in [5, 5.41) is 6.01. The van der Waals surface area contributed by atoms with Crippen molar-refractivity contribution < 1.29 is 17.9 Å². The van der Waals surface area contributed by atoms with E-state index < -0.39 is 10.0 Å². The lowest BCUT2D eigenvalue weighted by atomic mass is 9.83. The van der Waals surface area contributed by atoms with Gasteiger partial charge in [0, 0.05) is 43.4 Å². The maximum absolute atomic E-state index is 13.4. The molecule has 2 aromatic rings. The second-order valence-corrected chi connectivity index (χ2v) is 11.7. The maximum atomic E-state index is 13.4. The van der Waals surface area contributed by atoms with Gasteiger partial charge >= 0.3 is 6.03 Å². The van der Waals surface area contributed by atoms with Crippen LogP contribution in [0.15, 0.2) is 46.1 Å². The van der Waals surface area contributed by atoms with E-state index in [-0.39, 0.29) is 40.9 Å². The van der Waals surface area contributed by atoms with E-state index in [9.17, 15) is 18.0 Å². The first-order chi connectivity index (χ1) is 16.8. The number of nitrogens with one attached hydrogen (secondary N) is 2. The van der Waals surface area contributed by atoms with Crippen molar-refractivity contribution in [2.24, 2.45) is 5.92 Å². The Balaban J connectivity index is 1.39. The number of benzene rings is 1. The zero-order valence-corrected chi connectivity index (χ0v) is 20.7. The van der Waals surface area contributed by atoms with Crippen LogP contribution < -0.4 is 20.9 Å². The minimum absolute atomic E-state index is 0.0262. The molecule has 188 valence electrons. The summed E-state index contributed by atoms with van der Waals surface area (Å²) in [5.74, 6) is 0.433. The minimum Gasteiger partial charge on any atom is -0.497 e. The molecule has 10 heteroatoms. The molecule has 2 atom stereocenters. The van der Waals surface area contributed by atoms with Gasteiger partial charge in [0.05, 0.1) is 17.7 Å². The number of amides is 2. The van der Waals surface area contributed by atoms with Crippen molar-refractivity contribution in [1.82, 2.24) is 14.2 Å². The highest BCUT2D eigenvalue weighted by molar-refractivity contribution is 7.89. The summed E-state index contributed by atoms with van der Waals surface area (Å²) in [6, 6.07) is 9.39. The van der Waals surface area contributed by atoms with E-state index in [1.54, 1.807) is 34.9 Å². The molecule has 2 N–H and O–H groups in total. The van der Waals surface area contributed by atoms with Crippen LogP contribution >= 0.6 is 0 Å². The van der Waals surface area contributed by atoms with E-state index in [1.807, 2.05) is 0 Å². The summed E-state index contributed by atoms with van der Waals surface area (Å²) in [6.07, 6.45) is 6.15. The first-order valence-corrected chi connectivity index (χ1v) is 13.7. The highest BCUT2D eigenvalue weighted by Crippen LogP contribution is 2.40. The number of ether oxygens (including phenoxy) is 1. The van der Waals surface area contributed by atoms with Crippen molar-refractivity contribution in [3.63, 3.8) is 0 Å².